The molecule has 4 aromatic rings. The van der Waals surface area contributed by atoms with E-state index in [1.807, 2.05) is 0 Å². The third-order valence-electron chi connectivity index (χ3n) is 7.37. The van der Waals surface area contributed by atoms with Crippen molar-refractivity contribution >= 4 is 11.8 Å². The van der Waals surface area contributed by atoms with Gasteiger partial charge in [-0.25, -0.2) is 13.2 Å². The van der Waals surface area contributed by atoms with Crippen molar-refractivity contribution in [2.75, 3.05) is 12.9 Å². The Labute approximate surface area is 235 Å². The average Bonchev–Trinajstić information content (AvgIpc) is 3.37. The number of alkyl halides is 3. The lowest BCUT2D eigenvalue weighted by Crippen LogP contribution is -2.34. The number of halogens is 6. The van der Waals surface area contributed by atoms with Crippen LogP contribution in [-0.2, 0) is 12.6 Å². The first-order valence-corrected chi connectivity index (χ1v) is 13.5. The van der Waals surface area contributed by atoms with Crippen LogP contribution in [0.1, 0.15) is 39.9 Å². The van der Waals surface area contributed by atoms with Crippen molar-refractivity contribution in [3.05, 3.63) is 116 Å². The average molecular weight is 591 g/mol. The van der Waals surface area contributed by atoms with E-state index in [0.29, 0.717) is 0 Å². The van der Waals surface area contributed by atoms with E-state index in [0.717, 1.165) is 30.0 Å². The van der Waals surface area contributed by atoms with E-state index in [1.165, 1.54) is 55.0 Å². The van der Waals surface area contributed by atoms with Crippen LogP contribution in [0.25, 0.3) is 11.1 Å². The third-order valence-corrected chi connectivity index (χ3v) is 8.59. The number of nitrogens with zero attached hydrogens (tertiary/aromatic N) is 1. The maximum atomic E-state index is 15.5. The zero-order valence-corrected chi connectivity index (χ0v) is 22.7. The molecule has 1 aromatic heterocycles. The van der Waals surface area contributed by atoms with Crippen LogP contribution in [-0.4, -0.2) is 17.4 Å². The lowest BCUT2D eigenvalue weighted by Gasteiger charge is -2.25. The van der Waals surface area contributed by atoms with Crippen LogP contribution in [0.5, 0.6) is 5.75 Å². The summed E-state index contributed by atoms with van der Waals surface area (Å²) in [5, 5.41) is 0.271. The Morgan fingerprint density at radius 3 is 2.37 bits per heavy atom. The van der Waals surface area contributed by atoms with Crippen molar-refractivity contribution in [1.29, 1.82) is 0 Å². The minimum Gasteiger partial charge on any atom is -0.494 e. The Morgan fingerprint density at radius 1 is 1.00 bits per heavy atom. The number of ether oxygens (including phenoxy) is 1. The molecule has 0 saturated carbocycles. The summed E-state index contributed by atoms with van der Waals surface area (Å²) in [4.78, 5) is 14.1. The molecule has 0 saturated heterocycles. The summed E-state index contributed by atoms with van der Waals surface area (Å²) in [5.41, 5.74) is 4.35. The zero-order chi connectivity index (χ0) is 29.6. The van der Waals surface area contributed by atoms with E-state index in [-0.39, 0.29) is 44.3 Å². The van der Waals surface area contributed by atoms with Gasteiger partial charge in [0.25, 0.3) is 5.56 Å². The number of benzene rings is 3. The standard InChI is InChI=1S/C30H24F6N2O2S/c1-15-18(13-19-20(30(34,35)36)9-6-11-22(19)32)29-38(23(14-41-29)27(37)16-7-3-4-10-21(16)31)28(39)25(15)17-8-5-12-24(40-2)26(17)33/h3-12,23,27H,13-14,37H2,1-2H3/t23-,27?/m1/s1. The largest absolute Gasteiger partial charge is 0.494 e. The van der Waals surface area contributed by atoms with Crippen molar-refractivity contribution in [1.82, 2.24) is 4.57 Å². The monoisotopic (exact) mass is 590 g/mol. The highest BCUT2D eigenvalue weighted by Gasteiger charge is 2.38. The topological polar surface area (TPSA) is 57.2 Å². The molecule has 2 N–H and O–H groups in total. The first kappa shape index (κ1) is 28.8. The third kappa shape index (κ3) is 5.01. The SMILES string of the molecule is COc1cccc(-c2c(C)c(Cc3c(F)cccc3C(F)(F)F)c3n(c2=O)[C@@H](C(N)c2ccccc2F)CS3)c1F. The molecule has 0 aliphatic carbocycles. The molecule has 0 bridgehead atoms. The van der Waals surface area contributed by atoms with Gasteiger partial charge in [-0.1, -0.05) is 36.4 Å². The van der Waals surface area contributed by atoms with E-state index < -0.39 is 58.8 Å². The molecule has 0 fully saturated rings. The lowest BCUT2D eigenvalue weighted by molar-refractivity contribution is -0.138. The number of methoxy groups -OCH3 is 1. The van der Waals surface area contributed by atoms with Gasteiger partial charge in [-0.15, -0.1) is 11.8 Å². The Kier molecular flexibility index (Phi) is 7.69. The molecule has 3 aromatic carbocycles. The van der Waals surface area contributed by atoms with Crippen LogP contribution in [0.4, 0.5) is 26.3 Å². The lowest BCUT2D eigenvalue weighted by atomic mass is 9.91. The number of rotatable bonds is 6. The molecule has 11 heteroatoms. The minimum atomic E-state index is -4.84. The second kappa shape index (κ2) is 10.9. The molecule has 1 aliphatic heterocycles. The molecule has 1 unspecified atom stereocenters. The number of aromatic nitrogens is 1. The van der Waals surface area contributed by atoms with Crippen LogP contribution >= 0.6 is 11.8 Å². The Morgan fingerprint density at radius 2 is 1.68 bits per heavy atom. The predicted octanol–water partition coefficient (Wildman–Crippen LogP) is 7.21. The fourth-order valence-electron chi connectivity index (χ4n) is 5.31. The van der Waals surface area contributed by atoms with Crippen molar-refractivity contribution in [3.63, 3.8) is 0 Å². The highest BCUT2D eigenvalue weighted by molar-refractivity contribution is 7.99. The number of nitrogens with two attached hydrogens (primary N) is 1. The maximum absolute atomic E-state index is 15.5. The van der Waals surface area contributed by atoms with Gasteiger partial charge >= 0.3 is 6.18 Å². The Bertz CT molecular complexity index is 1700. The van der Waals surface area contributed by atoms with Crippen LogP contribution in [0.15, 0.2) is 70.5 Å². The summed E-state index contributed by atoms with van der Waals surface area (Å²) in [5.74, 6) is -2.45. The quantitative estimate of drug-likeness (QED) is 0.241. The van der Waals surface area contributed by atoms with Gasteiger partial charge in [0.05, 0.1) is 35.3 Å². The number of pyridine rings is 1. The molecule has 0 spiro atoms. The zero-order valence-electron chi connectivity index (χ0n) is 21.9. The summed E-state index contributed by atoms with van der Waals surface area (Å²) in [6.07, 6.45) is -5.37. The normalized spacial score (nSPS) is 15.6. The fraction of sp³-hybridized carbons (Fsp3) is 0.233. The highest BCUT2D eigenvalue weighted by atomic mass is 32.2. The predicted molar refractivity (Wildman–Crippen MR) is 145 cm³/mol. The first-order valence-electron chi connectivity index (χ1n) is 12.5. The fourth-order valence-corrected chi connectivity index (χ4v) is 6.75. The van der Waals surface area contributed by atoms with Crippen LogP contribution < -0.4 is 16.0 Å². The van der Waals surface area contributed by atoms with Crippen molar-refractivity contribution < 1.29 is 31.1 Å². The molecule has 214 valence electrons. The number of fused-ring (bicyclic) bond motifs is 1. The van der Waals surface area contributed by atoms with Crippen LogP contribution in [0.3, 0.4) is 0 Å². The van der Waals surface area contributed by atoms with Crippen LogP contribution in [0, 0.1) is 24.4 Å². The summed E-state index contributed by atoms with van der Waals surface area (Å²) in [7, 11) is 1.26. The van der Waals surface area contributed by atoms with Crippen molar-refractivity contribution in [2.45, 2.75) is 36.6 Å². The van der Waals surface area contributed by atoms with Gasteiger partial charge in [-0.2, -0.15) is 13.2 Å². The molecule has 0 radical (unpaired) electrons. The number of hydrogen-bond donors (Lipinski definition) is 1. The summed E-state index contributed by atoms with van der Waals surface area (Å²) >= 11 is 1.15. The molecule has 2 heterocycles. The summed E-state index contributed by atoms with van der Waals surface area (Å²) in [6, 6.07) is 10.9. The molecular weight excluding hydrogens is 566 g/mol. The van der Waals surface area contributed by atoms with Crippen LogP contribution in [0.2, 0.25) is 0 Å². The Hall–Kier alpha value is -3.70. The Balaban J connectivity index is 1.79. The minimum absolute atomic E-state index is 0.127. The molecule has 41 heavy (non-hydrogen) atoms. The van der Waals surface area contributed by atoms with E-state index >= 15 is 4.39 Å². The molecule has 0 amide bonds. The van der Waals surface area contributed by atoms with Gasteiger partial charge in [0.1, 0.15) is 11.6 Å². The second-order valence-corrected chi connectivity index (χ2v) is 10.7. The van der Waals surface area contributed by atoms with Crippen molar-refractivity contribution in [2.24, 2.45) is 5.73 Å². The van der Waals surface area contributed by atoms with Gasteiger partial charge in [0, 0.05) is 28.9 Å². The van der Waals surface area contributed by atoms with E-state index in [9.17, 15) is 26.7 Å². The van der Waals surface area contributed by atoms with Gasteiger partial charge in [-0.3, -0.25) is 9.36 Å². The molecule has 5 rings (SSSR count). The van der Waals surface area contributed by atoms with Gasteiger partial charge < -0.3 is 10.5 Å². The molecular formula is C30H24F6N2O2S. The molecule has 1 aliphatic rings. The molecule has 2 atom stereocenters. The van der Waals surface area contributed by atoms with Gasteiger partial charge in [0.2, 0.25) is 0 Å². The number of thioether (sulfide) groups is 1. The number of hydrogen-bond acceptors (Lipinski definition) is 4. The smallest absolute Gasteiger partial charge is 0.416 e. The maximum Gasteiger partial charge on any atom is 0.416 e. The van der Waals surface area contributed by atoms with E-state index in [1.54, 1.807) is 6.07 Å². The van der Waals surface area contributed by atoms with E-state index in [4.69, 9.17) is 10.5 Å². The first-order chi connectivity index (χ1) is 19.5. The summed E-state index contributed by atoms with van der Waals surface area (Å²) in [6.45, 7) is 1.49. The molecule has 4 nitrogen and oxygen atoms in total. The highest BCUT2D eigenvalue weighted by Crippen LogP contribution is 2.45. The van der Waals surface area contributed by atoms with Gasteiger partial charge in [-0.05, 0) is 42.3 Å². The van der Waals surface area contributed by atoms with Gasteiger partial charge in [0.15, 0.2) is 11.6 Å². The van der Waals surface area contributed by atoms with E-state index in [2.05, 4.69) is 0 Å². The van der Waals surface area contributed by atoms with Crippen molar-refractivity contribution in [3.8, 4) is 16.9 Å². The summed E-state index contributed by atoms with van der Waals surface area (Å²) < 4.78 is 93.3. The second-order valence-electron chi connectivity index (χ2n) is 9.65.